The van der Waals surface area contributed by atoms with Crippen LogP contribution in [0.2, 0.25) is 0 Å². The van der Waals surface area contributed by atoms with E-state index in [9.17, 15) is 0 Å². The number of fused-ring (bicyclic) bond motifs is 1. The molecule has 1 atom stereocenters. The van der Waals surface area contributed by atoms with Gasteiger partial charge in [0.25, 0.3) is 0 Å². The molecule has 162 valence electrons. The van der Waals surface area contributed by atoms with Crippen LogP contribution in [-0.2, 0) is 6.54 Å². The highest BCUT2D eigenvalue weighted by Gasteiger charge is 2.20. The topological polar surface area (TPSA) is 93.5 Å². The lowest BCUT2D eigenvalue weighted by molar-refractivity contribution is 0.328. The molecule has 0 radical (unpaired) electrons. The smallest absolute Gasteiger partial charge is 0.222 e. The van der Waals surface area contributed by atoms with Gasteiger partial charge >= 0.3 is 0 Å². The number of hydrogen-bond donors (Lipinski definition) is 2. The molecule has 0 aliphatic carbocycles. The van der Waals surface area contributed by atoms with E-state index < -0.39 is 0 Å². The highest BCUT2D eigenvalue weighted by Crippen LogP contribution is 2.35. The van der Waals surface area contributed by atoms with E-state index in [2.05, 4.69) is 45.1 Å². The molecule has 0 amide bonds. The van der Waals surface area contributed by atoms with Gasteiger partial charge in [-0.2, -0.15) is 10.2 Å². The van der Waals surface area contributed by atoms with Crippen molar-refractivity contribution in [3.05, 3.63) is 47.5 Å². The molecule has 0 saturated heterocycles. The predicted octanol–water partition coefficient (Wildman–Crippen LogP) is 4.82. The molecule has 0 bridgehead atoms. The quantitative estimate of drug-likeness (QED) is 0.425. The van der Waals surface area contributed by atoms with Crippen LogP contribution in [0.1, 0.15) is 50.3 Å². The molecule has 4 aromatic heterocycles. The lowest BCUT2D eigenvalue weighted by atomic mass is 10.1. The third-order valence-electron chi connectivity index (χ3n) is 5.38. The largest absolute Gasteiger partial charge is 0.477 e. The lowest BCUT2D eigenvalue weighted by Crippen LogP contribution is -2.09. The molecule has 4 aromatic rings. The third kappa shape index (κ3) is 4.10. The van der Waals surface area contributed by atoms with E-state index in [4.69, 9.17) is 14.8 Å². The predicted molar refractivity (Wildman–Crippen MR) is 122 cm³/mol. The summed E-state index contributed by atoms with van der Waals surface area (Å²) in [4.78, 5) is 9.38. The molecule has 0 spiro atoms. The third-order valence-corrected chi connectivity index (χ3v) is 5.38. The van der Waals surface area contributed by atoms with Gasteiger partial charge in [-0.05, 0) is 58.4 Å². The van der Waals surface area contributed by atoms with E-state index in [-0.39, 0.29) is 6.04 Å². The van der Waals surface area contributed by atoms with E-state index in [1.165, 1.54) is 0 Å². The zero-order valence-electron chi connectivity index (χ0n) is 18.7. The molecule has 0 aliphatic heterocycles. The number of H-pyrrole nitrogens is 1. The number of ether oxygens (including phenoxy) is 1. The van der Waals surface area contributed by atoms with Crippen LogP contribution in [-0.4, -0.2) is 36.6 Å². The molecule has 4 rings (SSSR count). The van der Waals surface area contributed by atoms with Crippen LogP contribution in [0, 0.1) is 13.8 Å². The summed E-state index contributed by atoms with van der Waals surface area (Å²) in [6.07, 6.45) is 2.71. The summed E-state index contributed by atoms with van der Waals surface area (Å²) in [5, 5.41) is 15.7. The maximum absolute atomic E-state index is 5.76. The van der Waals surface area contributed by atoms with Gasteiger partial charge in [0, 0.05) is 17.9 Å². The minimum absolute atomic E-state index is 0.259. The van der Waals surface area contributed by atoms with Crippen LogP contribution in [0.5, 0.6) is 5.88 Å². The van der Waals surface area contributed by atoms with Crippen molar-refractivity contribution < 1.29 is 4.74 Å². The second-order valence-corrected chi connectivity index (χ2v) is 7.72. The number of nitrogens with one attached hydrogen (secondary N) is 2. The van der Waals surface area contributed by atoms with E-state index in [0.717, 1.165) is 51.5 Å². The van der Waals surface area contributed by atoms with Crippen molar-refractivity contribution in [2.75, 3.05) is 11.9 Å². The summed E-state index contributed by atoms with van der Waals surface area (Å²) in [5.41, 5.74) is 7.40. The maximum Gasteiger partial charge on any atom is 0.222 e. The fourth-order valence-electron chi connectivity index (χ4n) is 3.63. The molecule has 0 fully saturated rings. The maximum atomic E-state index is 5.76. The van der Waals surface area contributed by atoms with E-state index in [0.29, 0.717) is 19.0 Å². The first-order valence-corrected chi connectivity index (χ1v) is 10.7. The summed E-state index contributed by atoms with van der Waals surface area (Å²) < 4.78 is 7.84. The van der Waals surface area contributed by atoms with Crippen molar-refractivity contribution in [3.8, 4) is 17.1 Å². The van der Waals surface area contributed by atoms with E-state index >= 15 is 0 Å². The fraction of sp³-hybridized carbons (Fsp3) is 0.391. The second kappa shape index (κ2) is 8.75. The van der Waals surface area contributed by atoms with Crippen LogP contribution in [0.3, 0.4) is 0 Å². The Morgan fingerprint density at radius 2 is 2.06 bits per heavy atom. The van der Waals surface area contributed by atoms with Crippen molar-refractivity contribution in [1.82, 2.24) is 29.9 Å². The van der Waals surface area contributed by atoms with E-state index in [1.807, 2.05) is 39.0 Å². The SMILES string of the molecule is CCOc1ncccc1-c1cc(NCc2cc(C)[nH]n2)c2c(n1)c(C)nn2C(C)CC. The summed E-state index contributed by atoms with van der Waals surface area (Å²) in [5.74, 6) is 0.581. The number of aryl methyl sites for hydroxylation is 2. The van der Waals surface area contributed by atoms with Gasteiger partial charge in [-0.25, -0.2) is 9.97 Å². The molecule has 2 N–H and O–H groups in total. The Morgan fingerprint density at radius 1 is 1.23 bits per heavy atom. The van der Waals surface area contributed by atoms with E-state index in [1.54, 1.807) is 6.20 Å². The standard InChI is InChI=1S/C23H29N7O/c1-6-15(4)30-22-20(25-13-17-11-14(3)27-28-17)12-19(26-21(22)16(5)29-30)18-9-8-10-24-23(18)31-7-2/h8-12,15H,6-7,13H2,1-5H3,(H,25,26)(H,27,28). The molecule has 1 unspecified atom stereocenters. The average molecular weight is 420 g/mol. The van der Waals surface area contributed by atoms with Gasteiger partial charge < -0.3 is 10.1 Å². The molecule has 4 heterocycles. The zero-order chi connectivity index (χ0) is 22.0. The number of nitrogens with zero attached hydrogens (tertiary/aromatic N) is 5. The molecule has 0 aliphatic rings. The Morgan fingerprint density at radius 3 is 2.77 bits per heavy atom. The Kier molecular flexibility index (Phi) is 5.88. The summed E-state index contributed by atoms with van der Waals surface area (Å²) in [7, 11) is 0. The molecule has 8 heteroatoms. The van der Waals surface area contributed by atoms with Crippen molar-refractivity contribution in [2.45, 2.75) is 53.6 Å². The number of rotatable bonds is 8. The van der Waals surface area contributed by atoms with Gasteiger partial charge in [-0.15, -0.1) is 0 Å². The van der Waals surface area contributed by atoms with Gasteiger partial charge in [0.2, 0.25) is 5.88 Å². The Labute approximate surface area is 182 Å². The molecule has 8 nitrogen and oxygen atoms in total. The Balaban J connectivity index is 1.87. The molecule has 31 heavy (non-hydrogen) atoms. The first-order valence-electron chi connectivity index (χ1n) is 10.7. The van der Waals surface area contributed by atoms with Crippen molar-refractivity contribution >= 4 is 16.7 Å². The van der Waals surface area contributed by atoms with Crippen molar-refractivity contribution in [3.63, 3.8) is 0 Å². The number of aromatic amines is 1. The summed E-state index contributed by atoms with van der Waals surface area (Å²) >= 11 is 0. The summed E-state index contributed by atoms with van der Waals surface area (Å²) in [6.45, 7) is 11.4. The van der Waals surface area contributed by atoms with Gasteiger partial charge in [0.15, 0.2) is 0 Å². The molecular weight excluding hydrogens is 390 g/mol. The van der Waals surface area contributed by atoms with Gasteiger partial charge in [0.1, 0.15) is 11.0 Å². The molecule has 0 aromatic carbocycles. The van der Waals surface area contributed by atoms with Crippen LogP contribution >= 0.6 is 0 Å². The molecule has 0 saturated carbocycles. The average Bonchev–Trinajstić information content (AvgIpc) is 3.35. The minimum atomic E-state index is 0.259. The van der Waals surface area contributed by atoms with Crippen LogP contribution in [0.15, 0.2) is 30.5 Å². The highest BCUT2D eigenvalue weighted by molar-refractivity contribution is 5.93. The van der Waals surface area contributed by atoms with Gasteiger partial charge in [-0.3, -0.25) is 9.78 Å². The first kappa shape index (κ1) is 20.8. The highest BCUT2D eigenvalue weighted by atomic mass is 16.5. The second-order valence-electron chi connectivity index (χ2n) is 7.72. The lowest BCUT2D eigenvalue weighted by Gasteiger charge is -2.16. The molecular formula is C23H29N7O. The van der Waals surface area contributed by atoms with Crippen molar-refractivity contribution in [2.24, 2.45) is 0 Å². The van der Waals surface area contributed by atoms with Crippen molar-refractivity contribution in [1.29, 1.82) is 0 Å². The van der Waals surface area contributed by atoms with Gasteiger partial charge in [0.05, 0.1) is 41.5 Å². The minimum Gasteiger partial charge on any atom is -0.477 e. The number of aromatic nitrogens is 6. The summed E-state index contributed by atoms with van der Waals surface area (Å²) in [6, 6.07) is 8.24. The number of hydrogen-bond acceptors (Lipinski definition) is 6. The van der Waals surface area contributed by atoms with Crippen LogP contribution < -0.4 is 10.1 Å². The monoisotopic (exact) mass is 419 g/mol. The van der Waals surface area contributed by atoms with Gasteiger partial charge in [-0.1, -0.05) is 6.92 Å². The number of anilines is 1. The Hall–Kier alpha value is -3.42. The first-order chi connectivity index (χ1) is 15.0. The normalized spacial score (nSPS) is 12.3. The Bertz CT molecular complexity index is 1190. The van der Waals surface area contributed by atoms with Crippen LogP contribution in [0.25, 0.3) is 22.3 Å². The fourth-order valence-corrected chi connectivity index (χ4v) is 3.63. The van der Waals surface area contributed by atoms with Crippen LogP contribution in [0.4, 0.5) is 5.69 Å². The zero-order valence-corrected chi connectivity index (χ0v) is 18.7. The number of pyridine rings is 2.